The van der Waals surface area contributed by atoms with Crippen LogP contribution in [-0.2, 0) is 6.54 Å². The molecule has 2 heterocycles. The maximum atomic E-state index is 13.0. The van der Waals surface area contributed by atoms with E-state index >= 15 is 0 Å². The Labute approximate surface area is 166 Å². The van der Waals surface area contributed by atoms with Gasteiger partial charge in [0.1, 0.15) is 11.6 Å². The Morgan fingerprint density at radius 3 is 2.36 bits per heavy atom. The third-order valence-corrected chi connectivity index (χ3v) is 3.59. The van der Waals surface area contributed by atoms with Gasteiger partial charge in [-0.3, -0.25) is 0 Å². The van der Waals surface area contributed by atoms with Crippen LogP contribution in [0.1, 0.15) is 39.2 Å². The number of hydrogen-bond acceptors (Lipinski definition) is 6. The number of aromatic nitrogens is 3. The summed E-state index contributed by atoms with van der Waals surface area (Å²) in [4.78, 5) is 8.85. The van der Waals surface area contributed by atoms with Crippen LogP contribution in [0.3, 0.4) is 0 Å². The van der Waals surface area contributed by atoms with E-state index in [1.54, 1.807) is 18.3 Å². The molecule has 0 radical (unpaired) electrons. The van der Waals surface area contributed by atoms with Gasteiger partial charge in [-0.1, -0.05) is 38.1 Å². The van der Waals surface area contributed by atoms with Crippen LogP contribution < -0.4 is 10.1 Å². The maximum absolute atomic E-state index is 13.0. The molecule has 0 fully saturated rings. The molecule has 28 heavy (non-hydrogen) atoms. The Bertz CT molecular complexity index is 876. The number of halogens is 1. The zero-order valence-corrected chi connectivity index (χ0v) is 17.2. The van der Waals surface area contributed by atoms with E-state index in [4.69, 9.17) is 9.26 Å². The topological polar surface area (TPSA) is 73.1 Å². The summed E-state index contributed by atoms with van der Waals surface area (Å²) in [6, 6.07) is 6.25. The lowest BCUT2D eigenvalue weighted by molar-refractivity contribution is 0.393. The molecule has 0 saturated heterocycles. The van der Waals surface area contributed by atoms with E-state index in [0.29, 0.717) is 29.7 Å². The van der Waals surface area contributed by atoms with Crippen LogP contribution in [0.5, 0.6) is 5.88 Å². The second-order valence-electron chi connectivity index (χ2n) is 7.02. The van der Waals surface area contributed by atoms with E-state index in [-0.39, 0.29) is 7.24 Å². The van der Waals surface area contributed by atoms with Crippen molar-refractivity contribution in [2.75, 3.05) is 12.4 Å². The van der Waals surface area contributed by atoms with Crippen LogP contribution in [0, 0.1) is 25.6 Å². The fraction of sp³-hybridized carbons (Fsp3) is 0.381. The summed E-state index contributed by atoms with van der Waals surface area (Å²) in [7, 11) is 1.53. The number of ether oxygens (including phenoxy) is 1. The van der Waals surface area contributed by atoms with E-state index in [0.717, 1.165) is 22.7 Å². The molecule has 1 N–H and O–H groups in total. The zero-order chi connectivity index (χ0) is 20.7. The zero-order valence-electron chi connectivity index (χ0n) is 17.2. The molecule has 0 unspecified atom stereocenters. The van der Waals surface area contributed by atoms with Gasteiger partial charge in [0.2, 0.25) is 0 Å². The first-order valence-corrected chi connectivity index (χ1v) is 9.14. The van der Waals surface area contributed by atoms with Crippen LogP contribution in [0.2, 0.25) is 0 Å². The minimum absolute atomic E-state index is 0. The van der Waals surface area contributed by atoms with Gasteiger partial charge in [-0.05, 0) is 37.5 Å². The minimum Gasteiger partial charge on any atom is -0.478 e. The average molecular weight is 388 g/mol. The molecular formula is C21H29FN4O2. The monoisotopic (exact) mass is 388 g/mol. The molecule has 0 aliphatic heterocycles. The van der Waals surface area contributed by atoms with Crippen molar-refractivity contribution in [2.45, 2.75) is 41.2 Å². The van der Waals surface area contributed by atoms with Gasteiger partial charge < -0.3 is 14.6 Å². The molecule has 0 saturated carbocycles. The highest BCUT2D eigenvalue weighted by molar-refractivity contribution is 5.65. The van der Waals surface area contributed by atoms with E-state index in [1.165, 1.54) is 19.2 Å². The molecule has 6 nitrogen and oxygen atoms in total. The number of hydrogen-bond donors (Lipinski definition) is 1. The number of benzene rings is 1. The largest absolute Gasteiger partial charge is 0.478 e. The van der Waals surface area contributed by atoms with Gasteiger partial charge in [0.05, 0.1) is 30.3 Å². The molecular weight excluding hydrogens is 359 g/mol. The summed E-state index contributed by atoms with van der Waals surface area (Å²) in [5.41, 5.74) is 3.13. The predicted molar refractivity (Wildman–Crippen MR) is 110 cm³/mol. The highest BCUT2D eigenvalue weighted by atomic mass is 19.1. The van der Waals surface area contributed by atoms with Crippen molar-refractivity contribution in [3.05, 3.63) is 53.3 Å². The fourth-order valence-electron chi connectivity index (χ4n) is 2.40. The van der Waals surface area contributed by atoms with Gasteiger partial charge in [0.25, 0.3) is 5.88 Å². The van der Waals surface area contributed by atoms with Crippen LogP contribution in [-0.4, -0.2) is 22.2 Å². The van der Waals surface area contributed by atoms with Crippen molar-refractivity contribution < 1.29 is 15.1 Å². The molecule has 0 atom stereocenters. The van der Waals surface area contributed by atoms with Crippen LogP contribution >= 0.6 is 0 Å². The van der Waals surface area contributed by atoms with Crippen molar-refractivity contribution in [2.24, 2.45) is 5.92 Å². The molecule has 0 aliphatic rings. The molecule has 0 aliphatic carbocycles. The third kappa shape index (κ3) is 5.77. The molecule has 2 aromatic heterocycles. The van der Waals surface area contributed by atoms with Crippen LogP contribution in [0.15, 0.2) is 35.0 Å². The second-order valence-corrected chi connectivity index (χ2v) is 7.02. The van der Waals surface area contributed by atoms with Crippen molar-refractivity contribution in [3.8, 4) is 17.1 Å². The summed E-state index contributed by atoms with van der Waals surface area (Å²) >= 11 is 0. The smallest absolute Gasteiger partial charge is 0.257 e. The molecule has 0 amide bonds. The standard InChI is InChI=1S/C17H17FN4O2.C4H10.H2/c1-10-15(11(2)24-22-10)14-9-20-17(23-3)16(21-14)19-8-12-4-6-13(18)7-5-12;1-4(2)3;/h4-7,9H,8H2,1-3H3,(H,19,21);4H,1-3H3;1H. The second kappa shape index (κ2) is 9.82. The quantitative estimate of drug-likeness (QED) is 0.629. The van der Waals surface area contributed by atoms with Gasteiger partial charge in [0.15, 0.2) is 5.82 Å². The summed E-state index contributed by atoms with van der Waals surface area (Å²) in [5.74, 6) is 2.12. The number of rotatable bonds is 5. The highest BCUT2D eigenvalue weighted by Crippen LogP contribution is 2.28. The summed E-state index contributed by atoms with van der Waals surface area (Å²) in [6.45, 7) is 10.6. The van der Waals surface area contributed by atoms with Gasteiger partial charge in [0, 0.05) is 7.97 Å². The van der Waals surface area contributed by atoms with Crippen molar-refractivity contribution >= 4 is 5.82 Å². The number of nitrogens with one attached hydrogen (secondary N) is 1. The Morgan fingerprint density at radius 1 is 1.18 bits per heavy atom. The molecule has 0 spiro atoms. The van der Waals surface area contributed by atoms with E-state index < -0.39 is 0 Å². The van der Waals surface area contributed by atoms with E-state index in [2.05, 4.69) is 41.2 Å². The lowest BCUT2D eigenvalue weighted by atomic mass is 10.1. The van der Waals surface area contributed by atoms with Crippen LogP contribution in [0.25, 0.3) is 11.3 Å². The Hall–Kier alpha value is -2.96. The van der Waals surface area contributed by atoms with Gasteiger partial charge in [-0.15, -0.1) is 0 Å². The highest BCUT2D eigenvalue weighted by Gasteiger charge is 2.16. The fourth-order valence-corrected chi connectivity index (χ4v) is 2.40. The van der Waals surface area contributed by atoms with Crippen molar-refractivity contribution in [1.29, 1.82) is 0 Å². The Kier molecular flexibility index (Phi) is 7.49. The molecule has 3 rings (SSSR count). The molecule has 7 heteroatoms. The molecule has 3 aromatic rings. The van der Waals surface area contributed by atoms with E-state index in [1.807, 2.05) is 13.8 Å². The van der Waals surface area contributed by atoms with Gasteiger partial charge >= 0.3 is 0 Å². The minimum atomic E-state index is -0.267. The van der Waals surface area contributed by atoms with Gasteiger partial charge in [-0.25, -0.2) is 14.4 Å². The predicted octanol–water partition coefficient (Wildman–Crippen LogP) is 5.42. The van der Waals surface area contributed by atoms with Crippen LogP contribution in [0.4, 0.5) is 10.2 Å². The van der Waals surface area contributed by atoms with Crippen molar-refractivity contribution in [1.82, 2.24) is 15.1 Å². The SMILES string of the molecule is CC(C)C.COc1ncc(-c2c(C)noc2C)nc1NCc1ccc(F)cc1.[HH]. The molecule has 1 aromatic carbocycles. The average Bonchev–Trinajstić information content (AvgIpc) is 2.99. The first-order chi connectivity index (χ1) is 13.3. The lowest BCUT2D eigenvalue weighted by Gasteiger charge is -2.11. The Balaban J connectivity index is 0.000000771. The molecule has 0 bridgehead atoms. The summed E-state index contributed by atoms with van der Waals surface area (Å²) in [5, 5.41) is 7.11. The molecule has 152 valence electrons. The summed E-state index contributed by atoms with van der Waals surface area (Å²) in [6.07, 6.45) is 1.62. The van der Waals surface area contributed by atoms with E-state index in [9.17, 15) is 4.39 Å². The van der Waals surface area contributed by atoms with Crippen molar-refractivity contribution in [3.63, 3.8) is 0 Å². The number of methoxy groups -OCH3 is 1. The normalized spacial score (nSPS) is 10.4. The number of nitrogens with zero attached hydrogens (tertiary/aromatic N) is 3. The van der Waals surface area contributed by atoms with Gasteiger partial charge in [-0.2, -0.15) is 0 Å². The summed E-state index contributed by atoms with van der Waals surface area (Å²) < 4.78 is 23.4. The lowest BCUT2D eigenvalue weighted by Crippen LogP contribution is -2.06. The maximum Gasteiger partial charge on any atom is 0.257 e. The first kappa shape index (κ1) is 21.3. The number of aryl methyl sites for hydroxylation is 2. The first-order valence-electron chi connectivity index (χ1n) is 9.14. The third-order valence-electron chi connectivity index (χ3n) is 3.59. The Morgan fingerprint density at radius 2 is 1.82 bits per heavy atom. The number of anilines is 1.